The van der Waals surface area contributed by atoms with Gasteiger partial charge in [-0.2, -0.15) is 0 Å². The number of carbonyl (C=O) groups is 3. The first kappa shape index (κ1) is 23.7. The zero-order chi connectivity index (χ0) is 24.1. The van der Waals surface area contributed by atoms with Gasteiger partial charge in [0.15, 0.2) is 0 Å². The molecule has 34 heavy (non-hydrogen) atoms. The Morgan fingerprint density at radius 3 is 2.50 bits per heavy atom. The van der Waals surface area contributed by atoms with Gasteiger partial charge < -0.3 is 20.7 Å². The average molecular weight is 478 g/mol. The quantitative estimate of drug-likeness (QED) is 0.413. The van der Waals surface area contributed by atoms with Crippen LogP contribution in [0, 0.1) is 0 Å². The van der Waals surface area contributed by atoms with E-state index in [2.05, 4.69) is 16.0 Å². The number of hydrogen-bond acceptors (Lipinski definition) is 6. The van der Waals surface area contributed by atoms with Gasteiger partial charge in [-0.3, -0.25) is 9.59 Å². The second kappa shape index (κ2) is 10.6. The van der Waals surface area contributed by atoms with Crippen molar-refractivity contribution in [3.8, 4) is 0 Å². The fraction of sp³-hybridized carbons (Fsp3) is 0.269. The molecule has 7 nitrogen and oxygen atoms in total. The second-order valence-corrected chi connectivity index (χ2v) is 9.22. The van der Waals surface area contributed by atoms with E-state index in [9.17, 15) is 14.4 Å². The summed E-state index contributed by atoms with van der Waals surface area (Å²) in [7, 11) is 1.30. The molecule has 1 aliphatic rings. The smallest absolute Gasteiger partial charge is 0.339 e. The van der Waals surface area contributed by atoms with Crippen LogP contribution in [-0.2, 0) is 22.4 Å². The standard InChI is InChI=1S/C26H27N3O4S/c1-16(17-9-4-3-5-10-17)27-15-22(30)29-25-23(19-12-8-14-21(19)34-25)24(31)28-20-13-7-6-11-18(20)26(32)33-2/h3-7,9-11,13,16,27H,8,12,14-15H2,1-2H3,(H,28,31)(H,29,30)/t16-/m0/s1. The van der Waals surface area contributed by atoms with Gasteiger partial charge in [-0.05, 0) is 49.4 Å². The number of esters is 1. The average Bonchev–Trinajstić information content (AvgIpc) is 3.43. The van der Waals surface area contributed by atoms with Crippen molar-refractivity contribution in [3.63, 3.8) is 0 Å². The van der Waals surface area contributed by atoms with E-state index < -0.39 is 5.97 Å². The van der Waals surface area contributed by atoms with Gasteiger partial charge in [-0.25, -0.2) is 4.79 Å². The summed E-state index contributed by atoms with van der Waals surface area (Å²) in [4.78, 5) is 39.3. The molecule has 2 aromatic carbocycles. The van der Waals surface area contributed by atoms with E-state index in [1.807, 2.05) is 37.3 Å². The maximum absolute atomic E-state index is 13.3. The van der Waals surface area contributed by atoms with Crippen LogP contribution in [0.15, 0.2) is 54.6 Å². The molecule has 0 spiro atoms. The Kier molecular flexibility index (Phi) is 7.40. The Hall–Kier alpha value is -3.49. The number of benzene rings is 2. The molecule has 176 valence electrons. The largest absolute Gasteiger partial charge is 0.465 e. The highest BCUT2D eigenvalue weighted by Crippen LogP contribution is 2.39. The summed E-state index contributed by atoms with van der Waals surface area (Å²) in [6.45, 7) is 2.12. The molecule has 0 unspecified atom stereocenters. The third kappa shape index (κ3) is 5.18. The van der Waals surface area contributed by atoms with Crippen molar-refractivity contribution in [2.24, 2.45) is 0 Å². The molecule has 3 aromatic rings. The number of carbonyl (C=O) groups excluding carboxylic acids is 3. The molecule has 8 heteroatoms. The molecule has 1 heterocycles. The molecule has 0 aliphatic heterocycles. The fourth-order valence-electron chi connectivity index (χ4n) is 4.07. The Morgan fingerprint density at radius 2 is 1.74 bits per heavy atom. The lowest BCUT2D eigenvalue weighted by atomic mass is 10.1. The van der Waals surface area contributed by atoms with Gasteiger partial charge in [-0.15, -0.1) is 11.3 Å². The lowest BCUT2D eigenvalue weighted by Gasteiger charge is -2.15. The first-order valence-electron chi connectivity index (χ1n) is 11.2. The zero-order valence-corrected chi connectivity index (χ0v) is 20.0. The van der Waals surface area contributed by atoms with Crippen LogP contribution in [0.1, 0.15) is 56.1 Å². The van der Waals surface area contributed by atoms with Gasteiger partial charge in [0, 0.05) is 10.9 Å². The minimum absolute atomic E-state index is 0.0119. The minimum Gasteiger partial charge on any atom is -0.465 e. The monoisotopic (exact) mass is 477 g/mol. The van der Waals surface area contributed by atoms with Crippen LogP contribution in [-0.4, -0.2) is 31.4 Å². The molecule has 1 atom stereocenters. The maximum atomic E-state index is 13.3. The van der Waals surface area contributed by atoms with Crippen LogP contribution in [0.2, 0.25) is 0 Å². The topological polar surface area (TPSA) is 96.5 Å². The SMILES string of the molecule is COC(=O)c1ccccc1NC(=O)c1c(NC(=O)CN[C@@H](C)c2ccccc2)sc2c1CCC2. The number of ether oxygens (including phenoxy) is 1. The summed E-state index contributed by atoms with van der Waals surface area (Å²) in [5.41, 5.74) is 3.18. The first-order valence-corrected chi connectivity index (χ1v) is 12.0. The van der Waals surface area contributed by atoms with Gasteiger partial charge in [0.1, 0.15) is 5.00 Å². The van der Waals surface area contributed by atoms with Crippen LogP contribution >= 0.6 is 11.3 Å². The third-order valence-electron chi connectivity index (χ3n) is 5.85. The van der Waals surface area contributed by atoms with E-state index in [-0.39, 0.29) is 30.0 Å². The Bertz CT molecular complexity index is 1210. The van der Waals surface area contributed by atoms with Gasteiger partial charge in [0.05, 0.1) is 30.5 Å². The number of aryl methyl sites for hydroxylation is 1. The summed E-state index contributed by atoms with van der Waals surface area (Å²) in [5.74, 6) is -1.10. The number of hydrogen-bond donors (Lipinski definition) is 3. The number of fused-ring (bicyclic) bond motifs is 1. The summed E-state index contributed by atoms with van der Waals surface area (Å²) in [5, 5.41) is 9.53. The van der Waals surface area contributed by atoms with Gasteiger partial charge in [-0.1, -0.05) is 42.5 Å². The normalized spacial score (nSPS) is 13.1. The van der Waals surface area contributed by atoms with Crippen LogP contribution < -0.4 is 16.0 Å². The second-order valence-electron chi connectivity index (χ2n) is 8.11. The van der Waals surface area contributed by atoms with Crippen LogP contribution in [0.5, 0.6) is 0 Å². The highest BCUT2D eigenvalue weighted by molar-refractivity contribution is 7.17. The molecule has 0 fully saturated rings. The van der Waals surface area contributed by atoms with E-state index in [4.69, 9.17) is 4.74 Å². The van der Waals surface area contributed by atoms with E-state index in [1.165, 1.54) is 18.4 Å². The summed E-state index contributed by atoms with van der Waals surface area (Å²) in [6, 6.07) is 16.6. The lowest BCUT2D eigenvalue weighted by Crippen LogP contribution is -2.30. The summed E-state index contributed by atoms with van der Waals surface area (Å²) in [6.07, 6.45) is 2.65. The van der Waals surface area contributed by atoms with Crippen LogP contribution in [0.3, 0.4) is 0 Å². The Morgan fingerprint density at radius 1 is 1.00 bits per heavy atom. The molecule has 0 saturated carbocycles. The molecule has 3 N–H and O–H groups in total. The predicted octanol–water partition coefficient (Wildman–Crippen LogP) is 4.57. The van der Waals surface area contributed by atoms with Crippen molar-refractivity contribution in [1.29, 1.82) is 0 Å². The number of methoxy groups -OCH3 is 1. The highest BCUT2D eigenvalue weighted by Gasteiger charge is 2.28. The minimum atomic E-state index is -0.529. The molecule has 4 rings (SSSR count). The molecule has 1 aliphatic carbocycles. The molecular formula is C26H27N3O4S. The Labute approximate surface area is 202 Å². The number of nitrogens with one attached hydrogen (secondary N) is 3. The third-order valence-corrected chi connectivity index (χ3v) is 7.06. The van der Waals surface area contributed by atoms with Crippen molar-refractivity contribution in [2.45, 2.75) is 32.2 Å². The van der Waals surface area contributed by atoms with Crippen LogP contribution in [0.4, 0.5) is 10.7 Å². The van der Waals surface area contributed by atoms with Crippen LogP contribution in [0.25, 0.3) is 0 Å². The molecule has 0 radical (unpaired) electrons. The van der Waals surface area contributed by atoms with Crippen molar-refractivity contribution in [1.82, 2.24) is 5.32 Å². The molecule has 2 amide bonds. The number of rotatable bonds is 8. The van der Waals surface area contributed by atoms with E-state index in [0.717, 1.165) is 35.3 Å². The number of thiophene rings is 1. The Balaban J connectivity index is 1.49. The van der Waals surface area contributed by atoms with E-state index in [1.54, 1.807) is 24.3 Å². The van der Waals surface area contributed by atoms with Crippen molar-refractivity contribution < 1.29 is 19.1 Å². The van der Waals surface area contributed by atoms with Crippen molar-refractivity contribution in [3.05, 3.63) is 81.7 Å². The van der Waals surface area contributed by atoms with Gasteiger partial charge in [0.2, 0.25) is 5.91 Å². The number of amides is 2. The first-order chi connectivity index (χ1) is 16.5. The molecule has 0 saturated heterocycles. The number of anilines is 2. The number of para-hydroxylation sites is 1. The fourth-order valence-corrected chi connectivity index (χ4v) is 5.38. The van der Waals surface area contributed by atoms with Crippen molar-refractivity contribution >= 4 is 39.8 Å². The van der Waals surface area contributed by atoms with E-state index >= 15 is 0 Å². The van der Waals surface area contributed by atoms with Gasteiger partial charge >= 0.3 is 5.97 Å². The maximum Gasteiger partial charge on any atom is 0.339 e. The predicted molar refractivity (Wildman–Crippen MR) is 134 cm³/mol. The molecule has 1 aromatic heterocycles. The summed E-state index contributed by atoms with van der Waals surface area (Å²) < 4.78 is 4.83. The van der Waals surface area contributed by atoms with Crippen molar-refractivity contribution in [2.75, 3.05) is 24.3 Å². The molecular weight excluding hydrogens is 450 g/mol. The zero-order valence-electron chi connectivity index (χ0n) is 19.1. The lowest BCUT2D eigenvalue weighted by molar-refractivity contribution is -0.115. The molecule has 0 bridgehead atoms. The highest BCUT2D eigenvalue weighted by atomic mass is 32.1. The summed E-state index contributed by atoms with van der Waals surface area (Å²) >= 11 is 1.45. The van der Waals surface area contributed by atoms with Gasteiger partial charge in [0.25, 0.3) is 5.91 Å². The van der Waals surface area contributed by atoms with E-state index in [0.29, 0.717) is 16.3 Å².